The van der Waals surface area contributed by atoms with Crippen molar-refractivity contribution < 1.29 is 0 Å². The third-order valence-corrected chi connectivity index (χ3v) is 3.21. The van der Waals surface area contributed by atoms with Crippen molar-refractivity contribution >= 4 is 21.6 Å². The Balaban J connectivity index is 2.77. The van der Waals surface area contributed by atoms with Crippen LogP contribution in [0, 0.1) is 0 Å². The lowest BCUT2D eigenvalue weighted by Crippen LogP contribution is -2.03. The smallest absolute Gasteiger partial charge is 0.138 e. The molecular weight excluding hydrogens is 254 g/mol. The fraction of sp³-hybridized carbons (Fsp3) is 0.364. The summed E-state index contributed by atoms with van der Waals surface area (Å²) in [5.74, 6) is 0.407. The molecule has 2 N–H and O–H groups in total. The zero-order valence-corrected chi connectivity index (χ0v) is 10.5. The molecule has 0 fully saturated rings. The van der Waals surface area contributed by atoms with Gasteiger partial charge in [0.2, 0.25) is 0 Å². The molecule has 4 heteroatoms. The highest BCUT2D eigenvalue weighted by Crippen LogP contribution is 2.26. The molecule has 0 bridgehead atoms. The van der Waals surface area contributed by atoms with Crippen LogP contribution in [-0.2, 0) is 6.54 Å². The minimum absolute atomic E-state index is 0.407. The number of aromatic nitrogens is 2. The first kappa shape index (κ1) is 10.6. The van der Waals surface area contributed by atoms with Crippen molar-refractivity contribution in [2.24, 2.45) is 5.73 Å². The van der Waals surface area contributed by atoms with Crippen LogP contribution >= 0.6 is 15.9 Å². The first-order chi connectivity index (χ1) is 7.15. The molecule has 0 spiro atoms. The third kappa shape index (κ3) is 1.68. The van der Waals surface area contributed by atoms with Crippen molar-refractivity contribution in [3.8, 4) is 0 Å². The van der Waals surface area contributed by atoms with Gasteiger partial charge in [-0.2, -0.15) is 0 Å². The molecule has 3 nitrogen and oxygen atoms in total. The second-order valence-corrected chi connectivity index (χ2v) is 4.61. The normalized spacial score (nSPS) is 11.5. The zero-order chi connectivity index (χ0) is 11.0. The van der Waals surface area contributed by atoms with Gasteiger partial charge >= 0.3 is 0 Å². The Morgan fingerprint density at radius 2 is 2.20 bits per heavy atom. The van der Waals surface area contributed by atoms with Gasteiger partial charge < -0.3 is 5.73 Å². The maximum atomic E-state index is 5.70. The number of pyridine rings is 1. The summed E-state index contributed by atoms with van der Waals surface area (Å²) in [6, 6.07) is 6.00. The topological polar surface area (TPSA) is 43.3 Å². The summed E-state index contributed by atoms with van der Waals surface area (Å²) in [5, 5.41) is 0. The Kier molecular flexibility index (Phi) is 2.80. The van der Waals surface area contributed by atoms with Gasteiger partial charge in [0.25, 0.3) is 0 Å². The summed E-state index contributed by atoms with van der Waals surface area (Å²) in [6.45, 7) is 4.78. The number of fused-ring (bicyclic) bond motifs is 1. The van der Waals surface area contributed by atoms with Crippen molar-refractivity contribution in [1.29, 1.82) is 0 Å². The minimum atomic E-state index is 0.407. The Hall–Kier alpha value is -0.870. The van der Waals surface area contributed by atoms with Crippen molar-refractivity contribution in [3.63, 3.8) is 0 Å². The van der Waals surface area contributed by atoms with Crippen LogP contribution in [0.25, 0.3) is 5.65 Å². The average molecular weight is 268 g/mol. The summed E-state index contributed by atoms with van der Waals surface area (Å²) in [7, 11) is 0. The quantitative estimate of drug-likeness (QED) is 0.909. The first-order valence-corrected chi connectivity index (χ1v) is 5.80. The fourth-order valence-electron chi connectivity index (χ4n) is 1.67. The number of hydrogen-bond acceptors (Lipinski definition) is 2. The SMILES string of the molecule is CC(C)c1nc2cccc(CN)n2c1Br. The van der Waals surface area contributed by atoms with Gasteiger partial charge in [-0.25, -0.2) is 4.98 Å². The van der Waals surface area contributed by atoms with E-state index in [0.29, 0.717) is 12.5 Å². The molecule has 0 radical (unpaired) electrons. The molecule has 0 amide bonds. The van der Waals surface area contributed by atoms with E-state index in [9.17, 15) is 0 Å². The van der Waals surface area contributed by atoms with Crippen molar-refractivity contribution in [2.45, 2.75) is 26.3 Å². The minimum Gasteiger partial charge on any atom is -0.325 e. The van der Waals surface area contributed by atoms with E-state index in [-0.39, 0.29) is 0 Å². The number of halogens is 1. The van der Waals surface area contributed by atoms with Gasteiger partial charge in [0.05, 0.1) is 5.69 Å². The molecule has 0 aromatic carbocycles. The van der Waals surface area contributed by atoms with Crippen LogP contribution in [-0.4, -0.2) is 9.38 Å². The molecule has 2 rings (SSSR count). The van der Waals surface area contributed by atoms with Crippen LogP contribution < -0.4 is 5.73 Å². The monoisotopic (exact) mass is 267 g/mol. The van der Waals surface area contributed by atoms with Crippen molar-refractivity contribution in [1.82, 2.24) is 9.38 Å². The predicted molar refractivity (Wildman–Crippen MR) is 64.9 cm³/mol. The maximum absolute atomic E-state index is 5.70. The standard InChI is InChI=1S/C11H14BrN3/c1-7(2)10-11(12)15-8(6-13)4-3-5-9(15)14-10/h3-5,7H,6,13H2,1-2H3. The molecule has 2 aromatic heterocycles. The van der Waals surface area contributed by atoms with E-state index in [1.807, 2.05) is 18.2 Å². The van der Waals surface area contributed by atoms with Gasteiger partial charge in [-0.1, -0.05) is 19.9 Å². The molecule has 0 unspecified atom stereocenters. The number of nitrogens with zero attached hydrogens (tertiary/aromatic N) is 2. The number of imidazole rings is 1. The fourth-order valence-corrected chi connectivity index (χ4v) is 2.62. The lowest BCUT2D eigenvalue weighted by molar-refractivity contribution is 0.823. The van der Waals surface area contributed by atoms with Gasteiger partial charge in [-0.05, 0) is 34.0 Å². The molecule has 0 aliphatic rings. The molecule has 2 aromatic rings. The van der Waals surface area contributed by atoms with Gasteiger partial charge in [0.15, 0.2) is 0 Å². The molecule has 0 atom stereocenters. The maximum Gasteiger partial charge on any atom is 0.138 e. The Labute approximate surface area is 97.4 Å². The summed E-state index contributed by atoms with van der Waals surface area (Å²) < 4.78 is 3.09. The van der Waals surface area contributed by atoms with Gasteiger partial charge in [0, 0.05) is 12.2 Å². The summed E-state index contributed by atoms with van der Waals surface area (Å²) in [6.07, 6.45) is 0. The summed E-state index contributed by atoms with van der Waals surface area (Å²) in [4.78, 5) is 4.58. The van der Waals surface area contributed by atoms with Crippen LogP contribution in [0.4, 0.5) is 0 Å². The summed E-state index contributed by atoms with van der Waals surface area (Å²) in [5.41, 5.74) is 8.80. The van der Waals surface area contributed by atoms with E-state index in [0.717, 1.165) is 21.6 Å². The largest absolute Gasteiger partial charge is 0.325 e. The van der Waals surface area contributed by atoms with Crippen LogP contribution in [0.15, 0.2) is 22.8 Å². The lowest BCUT2D eigenvalue weighted by atomic mass is 10.2. The van der Waals surface area contributed by atoms with Crippen LogP contribution in [0.3, 0.4) is 0 Å². The average Bonchev–Trinajstić information content (AvgIpc) is 2.56. The van der Waals surface area contributed by atoms with Gasteiger partial charge in [-0.3, -0.25) is 4.40 Å². The van der Waals surface area contributed by atoms with E-state index in [4.69, 9.17) is 5.73 Å². The zero-order valence-electron chi connectivity index (χ0n) is 8.87. The van der Waals surface area contributed by atoms with E-state index >= 15 is 0 Å². The Morgan fingerprint density at radius 1 is 1.47 bits per heavy atom. The molecule has 2 heterocycles. The van der Waals surface area contributed by atoms with E-state index in [1.165, 1.54) is 0 Å². The molecule has 80 valence electrons. The number of hydrogen-bond donors (Lipinski definition) is 1. The third-order valence-electron chi connectivity index (χ3n) is 2.45. The lowest BCUT2D eigenvalue weighted by Gasteiger charge is -2.04. The van der Waals surface area contributed by atoms with Crippen molar-refractivity contribution in [2.75, 3.05) is 0 Å². The second kappa shape index (κ2) is 3.94. The van der Waals surface area contributed by atoms with E-state index < -0.39 is 0 Å². The van der Waals surface area contributed by atoms with Gasteiger partial charge in [0.1, 0.15) is 10.3 Å². The molecule has 15 heavy (non-hydrogen) atoms. The van der Waals surface area contributed by atoms with Gasteiger partial charge in [-0.15, -0.1) is 0 Å². The van der Waals surface area contributed by atoms with Crippen LogP contribution in [0.1, 0.15) is 31.2 Å². The molecular formula is C11H14BrN3. The molecule has 0 saturated heterocycles. The van der Waals surface area contributed by atoms with Crippen LogP contribution in [0.2, 0.25) is 0 Å². The highest BCUT2D eigenvalue weighted by Gasteiger charge is 2.13. The molecule has 0 saturated carbocycles. The highest BCUT2D eigenvalue weighted by atomic mass is 79.9. The Morgan fingerprint density at radius 3 is 2.80 bits per heavy atom. The second-order valence-electron chi connectivity index (χ2n) is 3.86. The number of nitrogens with two attached hydrogens (primary N) is 1. The van der Waals surface area contributed by atoms with E-state index in [2.05, 4.69) is 39.2 Å². The van der Waals surface area contributed by atoms with Crippen LogP contribution in [0.5, 0.6) is 0 Å². The molecule has 0 aliphatic carbocycles. The highest BCUT2D eigenvalue weighted by molar-refractivity contribution is 9.10. The number of rotatable bonds is 2. The Bertz CT molecular complexity index is 488. The molecule has 0 aliphatic heterocycles. The van der Waals surface area contributed by atoms with Crippen molar-refractivity contribution in [3.05, 3.63) is 34.2 Å². The predicted octanol–water partition coefficient (Wildman–Crippen LogP) is 2.68. The van der Waals surface area contributed by atoms with E-state index in [1.54, 1.807) is 0 Å². The summed E-state index contributed by atoms with van der Waals surface area (Å²) >= 11 is 3.59. The first-order valence-electron chi connectivity index (χ1n) is 5.01.